The topological polar surface area (TPSA) is 117 Å². The Bertz CT molecular complexity index is 1180. The van der Waals surface area contributed by atoms with Crippen LogP contribution < -0.4 is 5.32 Å². The van der Waals surface area contributed by atoms with Crippen LogP contribution in [0, 0.1) is 11.6 Å². The average molecular weight is 440 g/mol. The summed E-state index contributed by atoms with van der Waals surface area (Å²) in [6, 6.07) is 6.22. The third-order valence-electron chi connectivity index (χ3n) is 4.88. The molecule has 3 N–H and O–H groups in total. The monoisotopic (exact) mass is 440 g/mol. The maximum Gasteiger partial charge on any atom is 0.274 e. The number of benzene rings is 1. The summed E-state index contributed by atoms with van der Waals surface area (Å²) in [6.45, 7) is 1.60. The molecule has 0 bridgehead atoms. The Kier molecular flexibility index (Phi) is 5.89. The lowest BCUT2D eigenvalue weighted by Crippen LogP contribution is -2.39. The fourth-order valence-corrected chi connectivity index (χ4v) is 3.21. The van der Waals surface area contributed by atoms with E-state index in [0.29, 0.717) is 5.56 Å². The molecule has 3 aromatic rings. The van der Waals surface area contributed by atoms with Crippen LogP contribution in [0.5, 0.6) is 0 Å². The average Bonchev–Trinajstić information content (AvgIpc) is 2.77. The van der Waals surface area contributed by atoms with Crippen molar-refractivity contribution in [3.63, 3.8) is 0 Å². The van der Waals surface area contributed by atoms with Crippen LogP contribution in [0.1, 0.15) is 23.0 Å². The van der Waals surface area contributed by atoms with Crippen molar-refractivity contribution in [1.29, 1.82) is 0 Å². The molecule has 8 nitrogen and oxygen atoms in total. The van der Waals surface area contributed by atoms with Gasteiger partial charge < -0.3 is 20.3 Å². The molecule has 1 aliphatic heterocycles. The van der Waals surface area contributed by atoms with Crippen molar-refractivity contribution in [3.8, 4) is 11.4 Å². The maximum absolute atomic E-state index is 14.1. The minimum Gasteiger partial charge on any atom is -0.487 e. The third-order valence-corrected chi connectivity index (χ3v) is 4.88. The zero-order chi connectivity index (χ0) is 22.8. The molecule has 0 aliphatic carbocycles. The van der Waals surface area contributed by atoms with Crippen molar-refractivity contribution >= 4 is 17.4 Å². The highest BCUT2D eigenvalue weighted by Crippen LogP contribution is 2.30. The van der Waals surface area contributed by atoms with E-state index in [2.05, 4.69) is 20.3 Å². The summed E-state index contributed by atoms with van der Waals surface area (Å²) in [5, 5.41) is 22.5. The lowest BCUT2D eigenvalue weighted by atomic mass is 10.0. The van der Waals surface area contributed by atoms with E-state index in [1.807, 2.05) is 0 Å². The zero-order valence-corrected chi connectivity index (χ0v) is 16.7. The molecule has 164 valence electrons. The molecule has 0 spiro atoms. The van der Waals surface area contributed by atoms with Gasteiger partial charge in [-0.25, -0.2) is 18.7 Å². The molecule has 0 saturated heterocycles. The predicted octanol–water partition coefficient (Wildman–Crippen LogP) is 2.55. The molecule has 4 rings (SSSR count). The largest absolute Gasteiger partial charge is 0.487 e. The van der Waals surface area contributed by atoms with E-state index in [0.717, 1.165) is 12.1 Å². The second kappa shape index (κ2) is 8.77. The predicted molar refractivity (Wildman–Crippen MR) is 110 cm³/mol. The van der Waals surface area contributed by atoms with Gasteiger partial charge in [0.05, 0.1) is 17.4 Å². The van der Waals surface area contributed by atoms with Gasteiger partial charge in [-0.15, -0.1) is 0 Å². The second-order valence-electron chi connectivity index (χ2n) is 7.07. The molecule has 3 heterocycles. The minimum absolute atomic E-state index is 0.130. The fourth-order valence-electron chi connectivity index (χ4n) is 3.21. The number of aliphatic hydroxyl groups excluding tert-OH is 2. The van der Waals surface area contributed by atoms with E-state index in [1.165, 1.54) is 36.8 Å². The van der Waals surface area contributed by atoms with Crippen LogP contribution >= 0.6 is 0 Å². The number of anilines is 1. The zero-order valence-electron chi connectivity index (χ0n) is 16.7. The molecule has 1 aromatic carbocycles. The van der Waals surface area contributed by atoms with Gasteiger partial charge >= 0.3 is 0 Å². The van der Waals surface area contributed by atoms with Crippen molar-refractivity contribution in [2.45, 2.75) is 25.2 Å². The van der Waals surface area contributed by atoms with Gasteiger partial charge in [0.1, 0.15) is 41.4 Å². The van der Waals surface area contributed by atoms with Crippen LogP contribution in [-0.4, -0.2) is 49.4 Å². The van der Waals surface area contributed by atoms with E-state index < -0.39 is 41.4 Å². The number of nitrogens with one attached hydrogen (secondary N) is 1. The van der Waals surface area contributed by atoms with Gasteiger partial charge in [-0.2, -0.15) is 0 Å². The number of pyridine rings is 1. The highest BCUT2D eigenvalue weighted by molar-refractivity contribution is 6.04. The summed E-state index contributed by atoms with van der Waals surface area (Å²) in [4.78, 5) is 24.7. The van der Waals surface area contributed by atoms with E-state index in [-0.39, 0.29) is 23.0 Å². The summed E-state index contributed by atoms with van der Waals surface area (Å²) >= 11 is 0. The van der Waals surface area contributed by atoms with Gasteiger partial charge in [-0.1, -0.05) is 6.07 Å². The normalized spacial score (nSPS) is 20.3. The Balaban J connectivity index is 1.63. The molecular weight excluding hydrogens is 422 g/mol. The summed E-state index contributed by atoms with van der Waals surface area (Å²) in [6.07, 6.45) is 2.49. The van der Waals surface area contributed by atoms with Gasteiger partial charge in [0.2, 0.25) is 0 Å². The summed E-state index contributed by atoms with van der Waals surface area (Å²) in [7, 11) is 0. The molecule has 0 fully saturated rings. The van der Waals surface area contributed by atoms with Crippen molar-refractivity contribution in [2.24, 2.45) is 0 Å². The fraction of sp³-hybridized carbons (Fsp3) is 0.182. The number of amides is 1. The van der Waals surface area contributed by atoms with Crippen LogP contribution in [0.3, 0.4) is 0 Å². The van der Waals surface area contributed by atoms with Crippen molar-refractivity contribution in [2.75, 3.05) is 5.32 Å². The number of carbonyl (C=O) groups is 1. The molecular formula is C22H18F2N4O4. The molecule has 3 atom stereocenters. The number of ether oxygens (including phenoxy) is 1. The first kappa shape index (κ1) is 21.5. The number of hydrogen-bond donors (Lipinski definition) is 3. The lowest BCUT2D eigenvalue weighted by molar-refractivity contribution is -0.0456. The third kappa shape index (κ3) is 4.18. The number of rotatable bonds is 4. The van der Waals surface area contributed by atoms with Gasteiger partial charge in [0.25, 0.3) is 5.91 Å². The second-order valence-corrected chi connectivity index (χ2v) is 7.07. The van der Waals surface area contributed by atoms with Crippen LogP contribution in [0.4, 0.5) is 14.5 Å². The van der Waals surface area contributed by atoms with Gasteiger partial charge in [-0.05, 0) is 37.3 Å². The molecule has 32 heavy (non-hydrogen) atoms. The molecule has 3 unspecified atom stereocenters. The summed E-state index contributed by atoms with van der Waals surface area (Å²) in [5.74, 6) is -2.40. The van der Waals surface area contributed by atoms with Gasteiger partial charge in [0.15, 0.2) is 5.82 Å². The Labute approximate surface area is 181 Å². The van der Waals surface area contributed by atoms with E-state index >= 15 is 0 Å². The smallest absolute Gasteiger partial charge is 0.274 e. The van der Waals surface area contributed by atoms with Gasteiger partial charge in [-0.3, -0.25) is 9.78 Å². The van der Waals surface area contributed by atoms with Crippen LogP contribution in [0.25, 0.3) is 17.1 Å². The number of halogens is 2. The minimum atomic E-state index is -1.15. The quantitative estimate of drug-likeness (QED) is 0.571. The van der Waals surface area contributed by atoms with Crippen LogP contribution in [0.15, 0.2) is 55.0 Å². The molecule has 2 aromatic heterocycles. The molecule has 10 heteroatoms. The van der Waals surface area contributed by atoms with Crippen molar-refractivity contribution in [1.82, 2.24) is 15.0 Å². The van der Waals surface area contributed by atoms with E-state index in [1.54, 1.807) is 13.0 Å². The number of aliphatic hydroxyl groups is 2. The number of carbonyl (C=O) groups excluding carboxylic acids is 1. The Hall–Kier alpha value is -3.76. The standard InChI is InChI=1S/C22H18F2N4O4/c1-11-20(30)17(29)9-18(32-11)12-5-7-25-10-16(12)28-22(31)15-6-8-26-21(27-15)19-13(23)3-2-4-14(19)24/h2-11,17,20,29-30H,1H3,(H,28,31). The number of hydrogen-bond acceptors (Lipinski definition) is 7. The van der Waals surface area contributed by atoms with Crippen molar-refractivity contribution in [3.05, 3.63) is 77.9 Å². The number of nitrogens with zero attached hydrogens (tertiary/aromatic N) is 3. The Morgan fingerprint density at radius 3 is 2.59 bits per heavy atom. The maximum atomic E-state index is 14.1. The summed E-state index contributed by atoms with van der Waals surface area (Å²) < 4.78 is 33.8. The van der Waals surface area contributed by atoms with Gasteiger partial charge in [0, 0.05) is 18.0 Å². The SMILES string of the molecule is CC1OC(c2ccncc2NC(=O)c2ccnc(-c3c(F)cccc3F)n2)=CC(O)C1O. The molecule has 0 radical (unpaired) electrons. The highest BCUT2D eigenvalue weighted by Gasteiger charge is 2.30. The first-order valence-electron chi connectivity index (χ1n) is 9.63. The molecule has 0 saturated carbocycles. The van der Waals surface area contributed by atoms with E-state index in [4.69, 9.17) is 4.74 Å². The Morgan fingerprint density at radius 1 is 1.12 bits per heavy atom. The van der Waals surface area contributed by atoms with Crippen LogP contribution in [0.2, 0.25) is 0 Å². The molecule has 1 amide bonds. The van der Waals surface area contributed by atoms with E-state index in [9.17, 15) is 23.8 Å². The first-order valence-corrected chi connectivity index (χ1v) is 9.63. The molecule has 1 aliphatic rings. The number of aromatic nitrogens is 3. The van der Waals surface area contributed by atoms with Crippen molar-refractivity contribution < 1.29 is 28.5 Å². The van der Waals surface area contributed by atoms with Crippen LogP contribution in [-0.2, 0) is 4.74 Å². The first-order chi connectivity index (χ1) is 15.3. The Morgan fingerprint density at radius 2 is 1.88 bits per heavy atom. The summed E-state index contributed by atoms with van der Waals surface area (Å²) in [5.41, 5.74) is 0.0960. The highest BCUT2D eigenvalue weighted by atomic mass is 19.1. The lowest BCUT2D eigenvalue weighted by Gasteiger charge is -2.30.